The highest BCUT2D eigenvalue weighted by molar-refractivity contribution is 9.10. The summed E-state index contributed by atoms with van der Waals surface area (Å²) in [5.41, 5.74) is 1.51. The van der Waals surface area contributed by atoms with Gasteiger partial charge >= 0.3 is 5.69 Å². The van der Waals surface area contributed by atoms with Gasteiger partial charge in [0.05, 0.1) is 5.69 Å². The number of halogens is 1. The predicted octanol–water partition coefficient (Wildman–Crippen LogP) is 2.30. The van der Waals surface area contributed by atoms with Gasteiger partial charge in [0, 0.05) is 11.0 Å². The number of allylic oxidation sites excluding steroid dienone is 1. The van der Waals surface area contributed by atoms with Crippen molar-refractivity contribution in [1.29, 1.82) is 0 Å². The molecule has 0 saturated heterocycles. The van der Waals surface area contributed by atoms with Crippen LogP contribution in [0.15, 0.2) is 28.0 Å². The van der Waals surface area contributed by atoms with Crippen molar-refractivity contribution in [3.8, 4) is 5.82 Å². The maximum absolute atomic E-state index is 12.3. The van der Waals surface area contributed by atoms with Crippen LogP contribution in [0.4, 0.5) is 0 Å². The summed E-state index contributed by atoms with van der Waals surface area (Å²) in [5.74, 6) is 1.21. The lowest BCUT2D eigenvalue weighted by molar-refractivity contribution is 0.731. The Hall–Kier alpha value is -1.69. The fourth-order valence-corrected chi connectivity index (χ4v) is 2.28. The van der Waals surface area contributed by atoms with Gasteiger partial charge in [-0.3, -0.25) is 4.57 Å². The molecule has 0 bridgehead atoms. The Labute approximate surface area is 119 Å². The SMILES string of the molecule is C=CCn1c(C)nn(-c2nc(C)c(Br)cc2C)c1=O. The molecule has 0 aliphatic carbocycles. The standard InChI is InChI=1S/C13H15BrN4O/c1-5-6-17-10(4)16-18(13(17)19)12-8(2)7-11(14)9(3)15-12/h5,7H,1,6H2,2-4H3. The van der Waals surface area contributed by atoms with Gasteiger partial charge in [0.25, 0.3) is 0 Å². The number of nitrogens with zero attached hydrogens (tertiary/aromatic N) is 4. The highest BCUT2D eigenvalue weighted by Crippen LogP contribution is 2.19. The minimum Gasteiger partial charge on any atom is -0.275 e. The Morgan fingerprint density at radius 3 is 2.74 bits per heavy atom. The van der Waals surface area contributed by atoms with Gasteiger partial charge in [-0.25, -0.2) is 9.78 Å². The van der Waals surface area contributed by atoms with Crippen molar-refractivity contribution in [1.82, 2.24) is 19.3 Å². The van der Waals surface area contributed by atoms with E-state index in [4.69, 9.17) is 0 Å². The van der Waals surface area contributed by atoms with Gasteiger partial charge in [-0.05, 0) is 48.3 Å². The molecule has 0 aliphatic rings. The first-order valence-electron chi connectivity index (χ1n) is 5.87. The van der Waals surface area contributed by atoms with E-state index in [0.717, 1.165) is 15.7 Å². The minimum absolute atomic E-state index is 0.199. The lowest BCUT2D eigenvalue weighted by Gasteiger charge is -2.06. The Morgan fingerprint density at radius 1 is 1.42 bits per heavy atom. The third-order valence-electron chi connectivity index (χ3n) is 2.87. The first-order valence-corrected chi connectivity index (χ1v) is 6.66. The van der Waals surface area contributed by atoms with Crippen LogP contribution in [0.1, 0.15) is 17.1 Å². The van der Waals surface area contributed by atoms with Crippen LogP contribution < -0.4 is 5.69 Å². The largest absolute Gasteiger partial charge is 0.352 e. The van der Waals surface area contributed by atoms with Crippen LogP contribution in [0.3, 0.4) is 0 Å². The molecule has 0 saturated carbocycles. The first-order chi connectivity index (χ1) is 8.95. The van der Waals surface area contributed by atoms with Crippen LogP contribution in [-0.4, -0.2) is 19.3 Å². The minimum atomic E-state index is -0.199. The molecule has 2 rings (SSSR count). The molecule has 0 radical (unpaired) electrons. The molecule has 0 unspecified atom stereocenters. The Balaban J connectivity index is 2.66. The highest BCUT2D eigenvalue weighted by atomic mass is 79.9. The van der Waals surface area contributed by atoms with Crippen molar-refractivity contribution >= 4 is 15.9 Å². The van der Waals surface area contributed by atoms with Crippen molar-refractivity contribution in [2.24, 2.45) is 0 Å². The molecule has 0 atom stereocenters. The van der Waals surface area contributed by atoms with Gasteiger partial charge in [-0.1, -0.05) is 6.08 Å². The maximum Gasteiger partial charge on any atom is 0.352 e. The second-order valence-electron chi connectivity index (χ2n) is 4.34. The topological polar surface area (TPSA) is 52.7 Å². The van der Waals surface area contributed by atoms with Crippen molar-refractivity contribution in [3.63, 3.8) is 0 Å². The second-order valence-corrected chi connectivity index (χ2v) is 5.19. The molecule has 0 spiro atoms. The van der Waals surface area contributed by atoms with Crippen LogP contribution >= 0.6 is 15.9 Å². The molecule has 0 fully saturated rings. The number of hydrogen-bond acceptors (Lipinski definition) is 3. The van der Waals surface area contributed by atoms with E-state index < -0.39 is 0 Å². The molecular formula is C13H15BrN4O. The van der Waals surface area contributed by atoms with E-state index in [1.54, 1.807) is 17.6 Å². The summed E-state index contributed by atoms with van der Waals surface area (Å²) in [4.78, 5) is 16.7. The van der Waals surface area contributed by atoms with Crippen LogP contribution in [-0.2, 0) is 6.54 Å². The van der Waals surface area contributed by atoms with Gasteiger partial charge in [0.15, 0.2) is 5.82 Å². The highest BCUT2D eigenvalue weighted by Gasteiger charge is 2.14. The molecular weight excluding hydrogens is 308 g/mol. The first kappa shape index (κ1) is 13.7. The lowest BCUT2D eigenvalue weighted by atomic mass is 10.2. The van der Waals surface area contributed by atoms with E-state index in [-0.39, 0.29) is 5.69 Å². The van der Waals surface area contributed by atoms with Gasteiger partial charge in [-0.15, -0.1) is 11.7 Å². The molecule has 0 aliphatic heterocycles. The number of hydrogen-bond donors (Lipinski definition) is 0. The summed E-state index contributed by atoms with van der Waals surface area (Å²) >= 11 is 3.43. The molecule has 2 aromatic heterocycles. The van der Waals surface area contributed by atoms with Crippen molar-refractivity contribution in [2.45, 2.75) is 27.3 Å². The summed E-state index contributed by atoms with van der Waals surface area (Å²) in [5, 5.41) is 4.27. The van der Waals surface area contributed by atoms with E-state index in [2.05, 4.69) is 32.6 Å². The monoisotopic (exact) mass is 322 g/mol. The van der Waals surface area contributed by atoms with E-state index in [9.17, 15) is 4.79 Å². The molecule has 6 heteroatoms. The Bertz CT molecular complexity index is 699. The zero-order valence-corrected chi connectivity index (χ0v) is 12.7. The summed E-state index contributed by atoms with van der Waals surface area (Å²) in [6.45, 7) is 9.67. The van der Waals surface area contributed by atoms with Crippen LogP contribution in [0.25, 0.3) is 5.82 Å². The molecule has 19 heavy (non-hydrogen) atoms. The van der Waals surface area contributed by atoms with Crippen LogP contribution in [0.5, 0.6) is 0 Å². The number of pyridine rings is 1. The molecule has 100 valence electrons. The van der Waals surface area contributed by atoms with E-state index in [0.29, 0.717) is 18.2 Å². The third-order valence-corrected chi connectivity index (χ3v) is 3.68. The second kappa shape index (κ2) is 5.13. The average Bonchev–Trinajstić information content (AvgIpc) is 2.62. The summed E-state index contributed by atoms with van der Waals surface area (Å²) in [6.07, 6.45) is 1.67. The van der Waals surface area contributed by atoms with Gasteiger partial charge < -0.3 is 0 Å². The summed E-state index contributed by atoms with van der Waals surface area (Å²) in [6, 6.07) is 1.94. The van der Waals surface area contributed by atoms with Crippen molar-refractivity contribution in [2.75, 3.05) is 0 Å². The van der Waals surface area contributed by atoms with E-state index >= 15 is 0 Å². The van der Waals surface area contributed by atoms with Crippen LogP contribution in [0.2, 0.25) is 0 Å². The normalized spacial score (nSPS) is 10.7. The molecule has 5 nitrogen and oxygen atoms in total. The molecule has 0 amide bonds. The maximum atomic E-state index is 12.3. The fraction of sp³-hybridized carbons (Fsp3) is 0.308. The third kappa shape index (κ3) is 2.40. The molecule has 2 aromatic rings. The molecule has 0 N–H and O–H groups in total. The predicted molar refractivity (Wildman–Crippen MR) is 77.7 cm³/mol. The average molecular weight is 323 g/mol. The van der Waals surface area contributed by atoms with Crippen molar-refractivity contribution in [3.05, 3.63) is 50.8 Å². The van der Waals surface area contributed by atoms with E-state index in [1.165, 1.54) is 4.68 Å². The smallest absolute Gasteiger partial charge is 0.275 e. The Morgan fingerprint density at radius 2 is 2.11 bits per heavy atom. The Kier molecular flexibility index (Phi) is 3.71. The zero-order chi connectivity index (χ0) is 14.2. The van der Waals surface area contributed by atoms with Crippen molar-refractivity contribution < 1.29 is 0 Å². The quantitative estimate of drug-likeness (QED) is 0.815. The number of rotatable bonds is 3. The van der Waals surface area contributed by atoms with Gasteiger partial charge in [0.1, 0.15) is 5.82 Å². The fourth-order valence-electron chi connectivity index (χ4n) is 1.85. The lowest BCUT2D eigenvalue weighted by Crippen LogP contribution is -2.25. The number of aryl methyl sites for hydroxylation is 3. The molecule has 0 aromatic carbocycles. The number of aromatic nitrogens is 4. The van der Waals surface area contributed by atoms with Gasteiger partial charge in [0.2, 0.25) is 0 Å². The van der Waals surface area contributed by atoms with Gasteiger partial charge in [-0.2, -0.15) is 4.68 Å². The van der Waals surface area contributed by atoms with Crippen LogP contribution in [0, 0.1) is 20.8 Å². The zero-order valence-electron chi connectivity index (χ0n) is 11.1. The molecule has 2 heterocycles. The van der Waals surface area contributed by atoms with E-state index in [1.807, 2.05) is 19.9 Å². The summed E-state index contributed by atoms with van der Waals surface area (Å²) < 4.78 is 3.82. The summed E-state index contributed by atoms with van der Waals surface area (Å²) in [7, 11) is 0.